The number of nitrogens with zero attached hydrogens (tertiary/aromatic N) is 1. The monoisotopic (exact) mass is 353 g/mol. The summed E-state index contributed by atoms with van der Waals surface area (Å²) in [6.07, 6.45) is 0.145. The second-order valence-electron chi connectivity index (χ2n) is 4.91. The molecule has 0 saturated heterocycles. The first-order valence-corrected chi connectivity index (χ1v) is 9.16. The lowest BCUT2D eigenvalue weighted by Crippen LogP contribution is -2.37. The zero-order chi connectivity index (χ0) is 16.6. The third kappa shape index (κ3) is 2.57. The van der Waals surface area contributed by atoms with E-state index in [1.54, 1.807) is 29.6 Å². The molecule has 1 aromatic carbocycles. The number of hydrogen-bond donors (Lipinski definition) is 0. The SMILES string of the molecule is COc1ccc2c(c1)N(S(=O)(=O)c1sccc1OC)CCC2=O. The van der Waals surface area contributed by atoms with Gasteiger partial charge in [0.1, 0.15) is 11.5 Å². The van der Waals surface area contributed by atoms with Crippen molar-refractivity contribution in [3.05, 3.63) is 35.2 Å². The highest BCUT2D eigenvalue weighted by molar-refractivity contribution is 7.94. The Balaban J connectivity index is 2.15. The van der Waals surface area contributed by atoms with Gasteiger partial charge in [-0.25, -0.2) is 8.42 Å². The fraction of sp³-hybridized carbons (Fsp3) is 0.267. The molecule has 0 amide bonds. The number of carbonyl (C=O) groups is 1. The van der Waals surface area contributed by atoms with Crippen molar-refractivity contribution in [3.8, 4) is 11.5 Å². The van der Waals surface area contributed by atoms with Crippen LogP contribution in [0.3, 0.4) is 0 Å². The van der Waals surface area contributed by atoms with Gasteiger partial charge in [-0.15, -0.1) is 11.3 Å². The summed E-state index contributed by atoms with van der Waals surface area (Å²) in [5.74, 6) is 0.723. The van der Waals surface area contributed by atoms with Crippen molar-refractivity contribution in [1.82, 2.24) is 0 Å². The maximum atomic E-state index is 13.0. The molecule has 0 radical (unpaired) electrons. The van der Waals surface area contributed by atoms with Gasteiger partial charge in [-0.3, -0.25) is 9.10 Å². The smallest absolute Gasteiger partial charge is 0.277 e. The number of rotatable bonds is 4. The summed E-state index contributed by atoms with van der Waals surface area (Å²) in [4.78, 5) is 12.1. The van der Waals surface area contributed by atoms with Crippen LogP contribution in [-0.2, 0) is 10.0 Å². The molecule has 0 unspecified atom stereocenters. The standard InChI is InChI=1S/C15H15NO5S2/c1-20-10-3-4-11-12(9-10)16(7-5-13(11)17)23(18,19)15-14(21-2)6-8-22-15/h3-4,6,8-9H,5,7H2,1-2H3. The number of hydrogen-bond acceptors (Lipinski definition) is 6. The molecule has 2 heterocycles. The molecule has 2 aromatic rings. The van der Waals surface area contributed by atoms with Gasteiger partial charge in [-0.2, -0.15) is 0 Å². The summed E-state index contributed by atoms with van der Waals surface area (Å²) in [6, 6.07) is 6.44. The largest absolute Gasteiger partial charge is 0.497 e. The van der Waals surface area contributed by atoms with Crippen LogP contribution in [0.1, 0.15) is 16.8 Å². The van der Waals surface area contributed by atoms with Crippen molar-refractivity contribution in [2.24, 2.45) is 0 Å². The maximum Gasteiger partial charge on any atom is 0.277 e. The highest BCUT2D eigenvalue weighted by Crippen LogP contribution is 2.38. The van der Waals surface area contributed by atoms with Gasteiger partial charge in [0, 0.05) is 24.6 Å². The van der Waals surface area contributed by atoms with Gasteiger partial charge in [-0.05, 0) is 23.6 Å². The Morgan fingerprint density at radius 1 is 1.17 bits per heavy atom. The molecule has 1 aliphatic rings. The molecule has 1 aliphatic heterocycles. The molecule has 0 saturated carbocycles. The van der Waals surface area contributed by atoms with Gasteiger partial charge < -0.3 is 9.47 Å². The molecule has 0 atom stereocenters. The minimum absolute atomic E-state index is 0.0766. The van der Waals surface area contributed by atoms with E-state index in [0.717, 1.165) is 11.3 Å². The van der Waals surface area contributed by atoms with Crippen LogP contribution in [0.25, 0.3) is 0 Å². The second kappa shape index (κ2) is 5.86. The summed E-state index contributed by atoms with van der Waals surface area (Å²) < 4.78 is 37.7. The number of thiophene rings is 1. The highest BCUT2D eigenvalue weighted by Gasteiger charge is 2.35. The molecule has 0 N–H and O–H groups in total. The third-order valence-electron chi connectivity index (χ3n) is 3.66. The predicted octanol–water partition coefficient (Wildman–Crippen LogP) is 2.55. The fourth-order valence-corrected chi connectivity index (χ4v) is 5.36. The molecule has 6 nitrogen and oxygen atoms in total. The van der Waals surface area contributed by atoms with Crippen LogP contribution < -0.4 is 13.8 Å². The molecule has 122 valence electrons. The number of benzene rings is 1. The normalized spacial score (nSPS) is 14.5. The number of fused-ring (bicyclic) bond motifs is 1. The Labute approximate surface area is 138 Å². The molecule has 8 heteroatoms. The molecule has 23 heavy (non-hydrogen) atoms. The van der Waals surface area contributed by atoms with Crippen LogP contribution in [0.15, 0.2) is 33.9 Å². The number of ether oxygens (including phenoxy) is 2. The van der Waals surface area contributed by atoms with Crippen molar-refractivity contribution in [1.29, 1.82) is 0 Å². The van der Waals surface area contributed by atoms with E-state index in [9.17, 15) is 13.2 Å². The lowest BCUT2D eigenvalue weighted by Gasteiger charge is -2.29. The number of anilines is 1. The van der Waals surface area contributed by atoms with E-state index in [0.29, 0.717) is 22.7 Å². The molecule has 3 rings (SSSR count). The van der Waals surface area contributed by atoms with Crippen molar-refractivity contribution in [2.45, 2.75) is 10.6 Å². The molecule has 0 bridgehead atoms. The van der Waals surface area contributed by atoms with Crippen LogP contribution in [-0.4, -0.2) is 35.0 Å². The van der Waals surface area contributed by atoms with Gasteiger partial charge >= 0.3 is 0 Å². The van der Waals surface area contributed by atoms with Crippen LogP contribution in [0.5, 0.6) is 11.5 Å². The second-order valence-corrected chi connectivity index (χ2v) is 7.88. The van der Waals surface area contributed by atoms with E-state index in [2.05, 4.69) is 0 Å². The summed E-state index contributed by atoms with van der Waals surface area (Å²) in [5.41, 5.74) is 0.729. The Morgan fingerprint density at radius 2 is 1.96 bits per heavy atom. The lowest BCUT2D eigenvalue weighted by molar-refractivity contribution is 0.0982. The summed E-state index contributed by atoms with van der Waals surface area (Å²) >= 11 is 1.09. The van der Waals surface area contributed by atoms with E-state index >= 15 is 0 Å². The van der Waals surface area contributed by atoms with Crippen LogP contribution in [0, 0.1) is 0 Å². The number of sulfonamides is 1. The van der Waals surface area contributed by atoms with E-state index in [-0.39, 0.29) is 23.0 Å². The number of Topliss-reactive ketones (excluding diaryl/α,β-unsaturated/α-hetero) is 1. The van der Waals surface area contributed by atoms with Crippen LogP contribution in [0.4, 0.5) is 5.69 Å². The van der Waals surface area contributed by atoms with Gasteiger partial charge in [-0.1, -0.05) is 0 Å². The summed E-state index contributed by atoms with van der Waals surface area (Å²) in [6.45, 7) is 0.0996. The molecule has 0 aliphatic carbocycles. The zero-order valence-corrected chi connectivity index (χ0v) is 14.2. The lowest BCUT2D eigenvalue weighted by atomic mass is 10.0. The van der Waals surface area contributed by atoms with Crippen LogP contribution in [0.2, 0.25) is 0 Å². The minimum Gasteiger partial charge on any atom is -0.497 e. The molecular formula is C15H15NO5S2. The first-order chi connectivity index (χ1) is 11.0. The Kier molecular flexibility index (Phi) is 4.03. The Bertz CT molecular complexity index is 857. The quantitative estimate of drug-likeness (QED) is 0.845. The maximum absolute atomic E-state index is 13.0. The van der Waals surface area contributed by atoms with E-state index in [1.807, 2.05) is 0 Å². The fourth-order valence-electron chi connectivity index (χ4n) is 2.51. The highest BCUT2D eigenvalue weighted by atomic mass is 32.2. The minimum atomic E-state index is -3.80. The van der Waals surface area contributed by atoms with Gasteiger partial charge in [0.25, 0.3) is 10.0 Å². The van der Waals surface area contributed by atoms with E-state index in [1.165, 1.54) is 18.5 Å². The number of methoxy groups -OCH3 is 2. The topological polar surface area (TPSA) is 72.9 Å². The predicted molar refractivity (Wildman–Crippen MR) is 87.3 cm³/mol. The Hall–Kier alpha value is -2.06. The first-order valence-electron chi connectivity index (χ1n) is 6.84. The van der Waals surface area contributed by atoms with Gasteiger partial charge in [0.2, 0.25) is 0 Å². The average molecular weight is 353 g/mol. The van der Waals surface area contributed by atoms with Crippen LogP contribution >= 0.6 is 11.3 Å². The molecule has 0 spiro atoms. The number of carbonyl (C=O) groups excluding carboxylic acids is 1. The molecule has 0 fully saturated rings. The summed E-state index contributed by atoms with van der Waals surface area (Å²) in [7, 11) is -0.882. The van der Waals surface area contributed by atoms with E-state index < -0.39 is 10.0 Å². The first kappa shape index (κ1) is 15.8. The molecular weight excluding hydrogens is 338 g/mol. The third-order valence-corrected chi connectivity index (χ3v) is 6.89. The van der Waals surface area contributed by atoms with Gasteiger partial charge in [0.05, 0.1) is 19.9 Å². The van der Waals surface area contributed by atoms with Crippen molar-refractivity contribution >= 4 is 32.8 Å². The van der Waals surface area contributed by atoms with Crippen molar-refractivity contribution < 1.29 is 22.7 Å². The summed E-state index contributed by atoms with van der Waals surface area (Å²) in [5, 5.41) is 1.66. The number of ketones is 1. The van der Waals surface area contributed by atoms with E-state index in [4.69, 9.17) is 9.47 Å². The van der Waals surface area contributed by atoms with Gasteiger partial charge in [0.15, 0.2) is 9.99 Å². The van der Waals surface area contributed by atoms with Crippen molar-refractivity contribution in [3.63, 3.8) is 0 Å². The average Bonchev–Trinajstić information content (AvgIpc) is 3.04. The molecule has 1 aromatic heterocycles. The Morgan fingerprint density at radius 3 is 2.65 bits per heavy atom. The van der Waals surface area contributed by atoms with Crippen molar-refractivity contribution in [2.75, 3.05) is 25.1 Å². The zero-order valence-electron chi connectivity index (χ0n) is 12.6.